The zero-order valence-corrected chi connectivity index (χ0v) is 16.9. The normalized spacial score (nSPS) is 13.3. The van der Waals surface area contributed by atoms with Gasteiger partial charge in [-0.05, 0) is 42.5 Å². The molecule has 1 aromatic carbocycles. The van der Waals surface area contributed by atoms with Gasteiger partial charge in [-0.1, -0.05) is 0 Å². The van der Waals surface area contributed by atoms with Crippen LogP contribution >= 0.6 is 0 Å². The molecule has 4 rings (SSSR count). The first-order valence-electron chi connectivity index (χ1n) is 9.46. The molecule has 180 valence electrons. The monoisotopic (exact) mass is 487 g/mol. The highest BCUT2D eigenvalue weighted by molar-refractivity contribution is 5.97. The number of nitrogens with one attached hydrogen (secondary N) is 2. The van der Waals surface area contributed by atoms with Crippen LogP contribution in [0.5, 0.6) is 5.75 Å². The fraction of sp³-hybridized carbons (Fsp3) is 0.190. The molecule has 0 saturated heterocycles. The van der Waals surface area contributed by atoms with Crippen molar-refractivity contribution >= 4 is 11.9 Å². The number of alkyl halides is 6. The van der Waals surface area contributed by atoms with Crippen LogP contribution in [-0.2, 0) is 11.2 Å². The molecule has 2 aromatic heterocycles. The zero-order valence-electron chi connectivity index (χ0n) is 16.9. The zero-order chi connectivity index (χ0) is 25.1. The van der Waals surface area contributed by atoms with E-state index in [0.717, 1.165) is 23.4 Å². The second-order valence-electron chi connectivity index (χ2n) is 6.89. The number of carbonyl (C=O) groups is 2. The molecule has 1 aliphatic heterocycles. The number of aromatic amines is 1. The number of nitrogens with zero attached hydrogens (tertiary/aromatic N) is 1. The minimum absolute atomic E-state index is 0.103. The maximum Gasteiger partial charge on any atom is 0.573 e. The Bertz CT molecular complexity index is 1190. The molecule has 0 spiro atoms. The quantitative estimate of drug-likeness (QED) is 0.470. The van der Waals surface area contributed by atoms with Gasteiger partial charge in [-0.25, -0.2) is 4.79 Å². The number of hydrogen-bond acceptors (Lipinski definition) is 4. The van der Waals surface area contributed by atoms with Gasteiger partial charge in [0.05, 0.1) is 11.3 Å². The minimum atomic E-state index is -5.08. The molecule has 13 heteroatoms. The molecule has 0 saturated carbocycles. The van der Waals surface area contributed by atoms with Gasteiger partial charge < -0.3 is 20.1 Å². The van der Waals surface area contributed by atoms with Gasteiger partial charge in [-0.3, -0.25) is 9.78 Å². The molecule has 1 amide bonds. The number of amides is 1. The highest BCUT2D eigenvalue weighted by Gasteiger charge is 2.38. The van der Waals surface area contributed by atoms with Gasteiger partial charge in [0.2, 0.25) is 0 Å². The Hall–Kier alpha value is -4.03. The van der Waals surface area contributed by atoms with E-state index in [2.05, 4.69) is 20.0 Å². The summed E-state index contributed by atoms with van der Waals surface area (Å²) in [7, 11) is 0. The summed E-state index contributed by atoms with van der Waals surface area (Å²) >= 11 is 0. The van der Waals surface area contributed by atoms with E-state index in [-0.39, 0.29) is 11.7 Å². The fourth-order valence-electron chi connectivity index (χ4n) is 3.03. The van der Waals surface area contributed by atoms with Crippen molar-refractivity contribution in [2.45, 2.75) is 19.0 Å². The number of aromatic nitrogens is 2. The van der Waals surface area contributed by atoms with E-state index in [9.17, 15) is 31.1 Å². The summed E-state index contributed by atoms with van der Waals surface area (Å²) in [5.74, 6) is -3.15. The Morgan fingerprint density at radius 2 is 1.65 bits per heavy atom. The second kappa shape index (κ2) is 9.45. The van der Waals surface area contributed by atoms with Crippen LogP contribution in [0.15, 0.2) is 48.7 Å². The first-order chi connectivity index (χ1) is 15.8. The van der Waals surface area contributed by atoms with Crippen LogP contribution < -0.4 is 10.1 Å². The van der Waals surface area contributed by atoms with Crippen LogP contribution in [0, 0.1) is 0 Å². The molecule has 3 heterocycles. The van der Waals surface area contributed by atoms with Gasteiger partial charge >= 0.3 is 18.5 Å². The summed E-state index contributed by atoms with van der Waals surface area (Å²) in [6, 6.07) is 10.9. The predicted octanol–water partition coefficient (Wildman–Crippen LogP) is 4.56. The Morgan fingerprint density at radius 1 is 1.00 bits per heavy atom. The number of carboxylic acids is 1. The summed E-state index contributed by atoms with van der Waals surface area (Å²) in [5, 5.41) is 9.92. The van der Waals surface area contributed by atoms with Crippen molar-refractivity contribution < 1.29 is 45.8 Å². The van der Waals surface area contributed by atoms with E-state index in [0.29, 0.717) is 23.4 Å². The summed E-state index contributed by atoms with van der Waals surface area (Å²) in [5.41, 5.74) is 4.39. The van der Waals surface area contributed by atoms with Crippen LogP contribution in [0.2, 0.25) is 0 Å². The van der Waals surface area contributed by atoms with Crippen LogP contribution in [0.1, 0.15) is 16.1 Å². The van der Waals surface area contributed by atoms with Crippen molar-refractivity contribution in [2.24, 2.45) is 0 Å². The highest BCUT2D eigenvalue weighted by atomic mass is 19.4. The number of fused-ring (bicyclic) bond motifs is 1. The van der Waals surface area contributed by atoms with Gasteiger partial charge in [0.15, 0.2) is 0 Å². The van der Waals surface area contributed by atoms with E-state index in [1.807, 2.05) is 6.07 Å². The van der Waals surface area contributed by atoms with Crippen LogP contribution in [0.25, 0.3) is 22.5 Å². The number of pyridine rings is 1. The Kier molecular flexibility index (Phi) is 6.84. The molecular formula is C21H15F6N3O4. The fourth-order valence-corrected chi connectivity index (χ4v) is 3.03. The molecule has 7 nitrogen and oxygen atoms in total. The smallest absolute Gasteiger partial charge is 0.475 e. The maximum atomic E-state index is 12.3. The topological polar surface area (TPSA) is 104 Å². The second-order valence-corrected chi connectivity index (χ2v) is 6.89. The van der Waals surface area contributed by atoms with E-state index >= 15 is 0 Å². The number of aliphatic carboxylic acids is 1. The molecular weight excluding hydrogens is 472 g/mol. The number of rotatable bonds is 3. The first-order valence-corrected chi connectivity index (χ1v) is 9.46. The van der Waals surface area contributed by atoms with E-state index in [4.69, 9.17) is 9.90 Å². The predicted molar refractivity (Wildman–Crippen MR) is 106 cm³/mol. The lowest BCUT2D eigenvalue weighted by molar-refractivity contribution is -0.274. The Labute approximate surface area is 187 Å². The van der Waals surface area contributed by atoms with Crippen molar-refractivity contribution in [3.63, 3.8) is 0 Å². The van der Waals surface area contributed by atoms with Gasteiger partial charge in [-0.15, -0.1) is 13.2 Å². The number of carboxylic acid groups (broad SMARTS) is 1. The number of H-pyrrole nitrogens is 1. The van der Waals surface area contributed by atoms with E-state index in [1.165, 1.54) is 24.3 Å². The highest BCUT2D eigenvalue weighted by Crippen LogP contribution is 2.29. The molecule has 0 fully saturated rings. The van der Waals surface area contributed by atoms with Gasteiger partial charge in [0.1, 0.15) is 5.75 Å². The lowest BCUT2D eigenvalue weighted by atomic mass is 10.1. The molecule has 0 atom stereocenters. The van der Waals surface area contributed by atoms with Crippen LogP contribution in [0.4, 0.5) is 26.3 Å². The lowest BCUT2D eigenvalue weighted by Gasteiger charge is -2.11. The maximum absolute atomic E-state index is 12.3. The molecule has 34 heavy (non-hydrogen) atoms. The van der Waals surface area contributed by atoms with Gasteiger partial charge in [0, 0.05) is 41.7 Å². The van der Waals surface area contributed by atoms with Gasteiger partial charge in [0.25, 0.3) is 5.91 Å². The molecule has 0 bridgehead atoms. The average Bonchev–Trinajstić information content (AvgIpc) is 3.19. The van der Waals surface area contributed by atoms with Crippen molar-refractivity contribution in [2.75, 3.05) is 6.54 Å². The third-order valence-electron chi connectivity index (χ3n) is 4.50. The molecule has 3 aromatic rings. The largest absolute Gasteiger partial charge is 0.573 e. The SMILES string of the molecule is O=C(O)C(F)(F)F.O=C1NCCc2[nH]c(-c3ccnc(-c4ccc(OC(F)(F)F)cc4)c3)cc21. The van der Waals surface area contributed by atoms with E-state index in [1.54, 1.807) is 18.3 Å². The van der Waals surface area contributed by atoms with Crippen molar-refractivity contribution in [1.29, 1.82) is 0 Å². The lowest BCUT2D eigenvalue weighted by Crippen LogP contribution is -2.31. The number of ether oxygens (including phenoxy) is 1. The number of carbonyl (C=O) groups excluding carboxylic acids is 1. The molecule has 3 N–H and O–H groups in total. The average molecular weight is 487 g/mol. The van der Waals surface area contributed by atoms with Crippen LogP contribution in [0.3, 0.4) is 0 Å². The Balaban J connectivity index is 0.000000406. The van der Waals surface area contributed by atoms with Crippen molar-refractivity contribution in [1.82, 2.24) is 15.3 Å². The molecule has 1 aliphatic rings. The number of hydrogen-bond donors (Lipinski definition) is 3. The summed E-state index contributed by atoms with van der Waals surface area (Å²) in [6.45, 7) is 0.597. The number of benzene rings is 1. The first kappa shape index (κ1) is 24.6. The van der Waals surface area contributed by atoms with Crippen molar-refractivity contribution in [3.8, 4) is 28.3 Å². The standard InChI is InChI=1S/C19H14F3N3O2.C2HF3O2/c20-19(21,22)27-13-3-1-11(2-4-13)16-9-12(5-7-23-16)17-10-14-15(25-17)6-8-24-18(14)26;3-2(4,5)1(6)7/h1-5,7,9-10,25H,6,8H2,(H,24,26);(H,6,7). The summed E-state index contributed by atoms with van der Waals surface area (Å²) in [4.78, 5) is 28.4. The third-order valence-corrected chi connectivity index (χ3v) is 4.50. The molecule has 0 radical (unpaired) electrons. The molecule has 0 aliphatic carbocycles. The van der Waals surface area contributed by atoms with Crippen LogP contribution in [-0.4, -0.2) is 46.0 Å². The Morgan fingerprint density at radius 3 is 2.21 bits per heavy atom. The third kappa shape index (κ3) is 6.27. The van der Waals surface area contributed by atoms with E-state index < -0.39 is 18.5 Å². The van der Waals surface area contributed by atoms with Crippen molar-refractivity contribution in [3.05, 3.63) is 59.9 Å². The number of halogens is 6. The van der Waals surface area contributed by atoms with Gasteiger partial charge in [-0.2, -0.15) is 13.2 Å². The minimum Gasteiger partial charge on any atom is -0.475 e. The molecule has 0 unspecified atom stereocenters. The summed E-state index contributed by atoms with van der Waals surface area (Å²) < 4.78 is 72.4. The summed E-state index contributed by atoms with van der Waals surface area (Å²) in [6.07, 6.45) is -7.46.